The molecule has 132 valence electrons. The van der Waals surface area contributed by atoms with E-state index in [-0.39, 0.29) is 30.0 Å². The monoisotopic (exact) mass is 334 g/mol. The maximum absolute atomic E-state index is 12.9. The Morgan fingerprint density at radius 2 is 1.88 bits per heavy atom. The van der Waals surface area contributed by atoms with Gasteiger partial charge in [-0.3, -0.25) is 14.4 Å². The van der Waals surface area contributed by atoms with Gasteiger partial charge in [-0.15, -0.1) is 0 Å². The van der Waals surface area contributed by atoms with Crippen LogP contribution in [0.1, 0.15) is 35.5 Å². The van der Waals surface area contributed by atoms with Gasteiger partial charge in [-0.2, -0.15) is 0 Å². The van der Waals surface area contributed by atoms with Gasteiger partial charge in [-0.25, -0.2) is 0 Å². The minimum Gasteiger partial charge on any atom is -0.352 e. The summed E-state index contributed by atoms with van der Waals surface area (Å²) in [6.45, 7) is 9.96. The molecule has 2 amide bonds. The lowest BCUT2D eigenvalue weighted by atomic mass is 10.1. The van der Waals surface area contributed by atoms with Gasteiger partial charge in [-0.05, 0) is 33.3 Å². The van der Waals surface area contributed by atoms with Gasteiger partial charge in [0, 0.05) is 44.0 Å². The number of aryl methyl sites for hydroxylation is 1. The van der Waals surface area contributed by atoms with Crippen LogP contribution in [0.5, 0.6) is 0 Å². The Morgan fingerprint density at radius 1 is 1.25 bits per heavy atom. The number of carbonyl (C=O) groups excluding carboxylic acids is 2. The first kappa shape index (κ1) is 18.2. The second kappa shape index (κ2) is 7.61. The lowest BCUT2D eigenvalue weighted by Gasteiger charge is -2.29. The second-order valence-corrected chi connectivity index (χ2v) is 6.48. The molecule has 0 atom stereocenters. The quantitative estimate of drug-likeness (QED) is 0.814. The maximum atomic E-state index is 12.9. The van der Waals surface area contributed by atoms with Crippen molar-refractivity contribution in [2.24, 2.45) is 0 Å². The fourth-order valence-corrected chi connectivity index (χ4v) is 2.98. The van der Waals surface area contributed by atoms with Gasteiger partial charge in [0.25, 0.3) is 11.5 Å². The highest BCUT2D eigenvalue weighted by Gasteiger charge is 2.24. The largest absolute Gasteiger partial charge is 0.352 e. The molecule has 1 aliphatic rings. The van der Waals surface area contributed by atoms with E-state index < -0.39 is 0 Å². The molecule has 1 aromatic rings. The molecule has 1 fully saturated rings. The first-order valence-corrected chi connectivity index (χ1v) is 8.31. The molecular formula is C17H26N4O3. The maximum Gasteiger partial charge on any atom is 0.255 e. The zero-order valence-corrected chi connectivity index (χ0v) is 14.8. The van der Waals surface area contributed by atoms with Crippen LogP contribution in [-0.2, 0) is 11.3 Å². The number of piperazine rings is 1. The fraction of sp³-hybridized carbons (Fsp3) is 0.588. The van der Waals surface area contributed by atoms with Crippen molar-refractivity contribution in [3.05, 3.63) is 33.2 Å². The Bertz CT molecular complexity index is 688. The summed E-state index contributed by atoms with van der Waals surface area (Å²) in [5, 5.41) is 5.98. The summed E-state index contributed by atoms with van der Waals surface area (Å²) in [6, 6.07) is 1.44. The summed E-state index contributed by atoms with van der Waals surface area (Å²) in [5.41, 5.74) is 1.46. The highest BCUT2D eigenvalue weighted by atomic mass is 16.2. The number of nitrogens with one attached hydrogen (secondary N) is 2. The standard InChI is InChI=1S/C17H26N4O3/c1-11(2)19-14(22)10-21-13(4)16(12(3)9-15(21)23)17(24)20-7-5-18-6-8-20/h9,11,18H,5-8,10H2,1-4H3,(H,19,22). The molecule has 0 unspecified atom stereocenters. The van der Waals surface area contributed by atoms with Crippen molar-refractivity contribution in [3.8, 4) is 0 Å². The average molecular weight is 334 g/mol. The molecule has 1 aromatic heterocycles. The van der Waals surface area contributed by atoms with Crippen molar-refractivity contribution >= 4 is 11.8 Å². The van der Waals surface area contributed by atoms with Gasteiger partial charge in [0.15, 0.2) is 0 Å². The Balaban J connectivity index is 2.35. The highest BCUT2D eigenvalue weighted by molar-refractivity contribution is 5.96. The predicted molar refractivity (Wildman–Crippen MR) is 92.2 cm³/mol. The first-order chi connectivity index (χ1) is 11.3. The van der Waals surface area contributed by atoms with Crippen LogP contribution >= 0.6 is 0 Å². The number of amides is 2. The molecule has 0 aliphatic carbocycles. The molecule has 2 heterocycles. The third kappa shape index (κ3) is 4.03. The van der Waals surface area contributed by atoms with Crippen LogP contribution < -0.4 is 16.2 Å². The second-order valence-electron chi connectivity index (χ2n) is 6.48. The van der Waals surface area contributed by atoms with Gasteiger partial charge < -0.3 is 20.1 Å². The molecule has 0 radical (unpaired) electrons. The van der Waals surface area contributed by atoms with E-state index in [1.54, 1.807) is 18.7 Å². The van der Waals surface area contributed by atoms with Crippen molar-refractivity contribution in [1.29, 1.82) is 0 Å². The molecule has 7 heteroatoms. The van der Waals surface area contributed by atoms with Crippen molar-refractivity contribution in [3.63, 3.8) is 0 Å². The van der Waals surface area contributed by atoms with Crippen LogP contribution in [0.15, 0.2) is 10.9 Å². The van der Waals surface area contributed by atoms with E-state index in [4.69, 9.17) is 0 Å². The lowest BCUT2D eigenvalue weighted by Crippen LogP contribution is -2.47. The van der Waals surface area contributed by atoms with Gasteiger partial charge in [0.1, 0.15) is 6.54 Å². The normalized spacial score (nSPS) is 14.8. The van der Waals surface area contributed by atoms with E-state index in [0.717, 1.165) is 13.1 Å². The summed E-state index contributed by atoms with van der Waals surface area (Å²) >= 11 is 0. The van der Waals surface area contributed by atoms with Crippen LogP contribution in [-0.4, -0.2) is 53.5 Å². The minimum absolute atomic E-state index is 0.000841. The summed E-state index contributed by atoms with van der Waals surface area (Å²) < 4.78 is 1.38. The number of pyridine rings is 1. The topological polar surface area (TPSA) is 83.4 Å². The highest BCUT2D eigenvalue weighted by Crippen LogP contribution is 2.15. The van der Waals surface area contributed by atoms with Crippen LogP contribution in [0.4, 0.5) is 0 Å². The lowest BCUT2D eigenvalue weighted by molar-refractivity contribution is -0.122. The Labute approximate surface area is 142 Å². The van der Waals surface area contributed by atoms with Crippen LogP contribution in [0.2, 0.25) is 0 Å². The Morgan fingerprint density at radius 3 is 2.46 bits per heavy atom. The van der Waals surface area contributed by atoms with E-state index in [2.05, 4.69) is 10.6 Å². The van der Waals surface area contributed by atoms with Crippen LogP contribution in [0, 0.1) is 13.8 Å². The van der Waals surface area contributed by atoms with Gasteiger partial charge >= 0.3 is 0 Å². The Hall–Kier alpha value is -2.15. The molecule has 2 rings (SSSR count). The summed E-state index contributed by atoms with van der Waals surface area (Å²) in [7, 11) is 0. The number of hydrogen-bond acceptors (Lipinski definition) is 4. The third-order valence-electron chi connectivity index (χ3n) is 4.14. The number of nitrogens with zero attached hydrogens (tertiary/aromatic N) is 2. The van der Waals surface area contributed by atoms with Crippen molar-refractivity contribution in [2.75, 3.05) is 26.2 Å². The fourth-order valence-electron chi connectivity index (χ4n) is 2.98. The van der Waals surface area contributed by atoms with E-state index in [9.17, 15) is 14.4 Å². The summed E-state index contributed by atoms with van der Waals surface area (Å²) in [5.74, 6) is -0.316. The van der Waals surface area contributed by atoms with E-state index in [0.29, 0.717) is 29.9 Å². The van der Waals surface area contributed by atoms with Gasteiger partial charge in [0.05, 0.1) is 5.56 Å². The molecule has 0 aromatic carbocycles. The molecule has 1 aliphatic heterocycles. The number of aromatic nitrogens is 1. The summed E-state index contributed by atoms with van der Waals surface area (Å²) in [6.07, 6.45) is 0. The molecule has 0 saturated carbocycles. The van der Waals surface area contributed by atoms with Crippen LogP contribution in [0.25, 0.3) is 0 Å². The third-order valence-corrected chi connectivity index (χ3v) is 4.14. The minimum atomic E-state index is -0.263. The zero-order valence-electron chi connectivity index (χ0n) is 14.8. The van der Waals surface area contributed by atoms with E-state index in [1.165, 1.54) is 10.6 Å². The predicted octanol–water partition coefficient (Wildman–Crippen LogP) is 0.0351. The number of carbonyl (C=O) groups is 2. The SMILES string of the molecule is Cc1cc(=O)n(CC(=O)NC(C)C)c(C)c1C(=O)N1CCNCC1. The van der Waals surface area contributed by atoms with Crippen molar-refractivity contribution in [2.45, 2.75) is 40.3 Å². The first-order valence-electron chi connectivity index (χ1n) is 8.31. The average Bonchev–Trinajstić information content (AvgIpc) is 2.51. The molecule has 7 nitrogen and oxygen atoms in total. The smallest absolute Gasteiger partial charge is 0.255 e. The van der Waals surface area contributed by atoms with E-state index in [1.807, 2.05) is 13.8 Å². The van der Waals surface area contributed by atoms with Gasteiger partial charge in [-0.1, -0.05) is 0 Å². The molecule has 24 heavy (non-hydrogen) atoms. The van der Waals surface area contributed by atoms with E-state index >= 15 is 0 Å². The van der Waals surface area contributed by atoms with Crippen LogP contribution in [0.3, 0.4) is 0 Å². The molecule has 0 spiro atoms. The van der Waals surface area contributed by atoms with Gasteiger partial charge in [0.2, 0.25) is 5.91 Å². The Kier molecular flexibility index (Phi) is 5.77. The summed E-state index contributed by atoms with van der Waals surface area (Å²) in [4.78, 5) is 38.9. The van der Waals surface area contributed by atoms with Crippen molar-refractivity contribution < 1.29 is 9.59 Å². The zero-order chi connectivity index (χ0) is 17.9. The number of hydrogen-bond donors (Lipinski definition) is 2. The molecule has 1 saturated heterocycles. The molecular weight excluding hydrogens is 308 g/mol. The van der Waals surface area contributed by atoms with Crippen molar-refractivity contribution in [1.82, 2.24) is 20.1 Å². The number of rotatable bonds is 4. The molecule has 2 N–H and O–H groups in total. The molecule has 0 bridgehead atoms.